The van der Waals surface area contributed by atoms with E-state index in [9.17, 15) is 35.5 Å². The van der Waals surface area contributed by atoms with Crippen molar-refractivity contribution >= 4 is 5.97 Å². The maximum atomic E-state index is 13.7. The molecule has 1 saturated heterocycles. The zero-order valence-corrected chi connectivity index (χ0v) is 21.4. The maximum absolute atomic E-state index is 13.7. The summed E-state index contributed by atoms with van der Waals surface area (Å²) in [6.07, 6.45) is -4.01. The molecule has 11 heteroatoms. The Hall–Kier alpha value is -2.92. The number of aliphatic carboxylic acids is 1. The molecule has 218 valence electrons. The lowest BCUT2D eigenvalue weighted by molar-refractivity contribution is -0.143. The first-order valence-electron chi connectivity index (χ1n) is 12.9. The average molecular weight is 575 g/mol. The molecule has 2 bridgehead atoms. The second-order valence-electron chi connectivity index (χ2n) is 10.4. The van der Waals surface area contributed by atoms with E-state index in [1.165, 1.54) is 12.1 Å². The summed E-state index contributed by atoms with van der Waals surface area (Å²) in [6, 6.07) is 7.54. The van der Waals surface area contributed by atoms with Crippen LogP contribution in [-0.4, -0.2) is 30.4 Å². The molecule has 1 N–H and O–H groups in total. The fraction of sp³-hybridized carbons (Fsp3) is 0.483. The van der Waals surface area contributed by atoms with Crippen LogP contribution in [0.3, 0.4) is 0 Å². The minimum absolute atomic E-state index is 0.0444. The highest BCUT2D eigenvalue weighted by Gasteiger charge is 2.59. The number of unbranched alkanes of at least 4 members (excludes halogenated alkanes) is 1. The van der Waals surface area contributed by atoms with Gasteiger partial charge in [0.05, 0.1) is 37.1 Å². The van der Waals surface area contributed by atoms with Gasteiger partial charge >= 0.3 is 18.3 Å². The molecule has 2 aromatic carbocycles. The smallest absolute Gasteiger partial charge is 0.416 e. The van der Waals surface area contributed by atoms with Gasteiger partial charge in [0.1, 0.15) is 5.82 Å². The minimum atomic E-state index is -4.95. The van der Waals surface area contributed by atoms with Crippen molar-refractivity contribution in [2.75, 3.05) is 13.2 Å². The zero-order chi connectivity index (χ0) is 29.1. The largest absolute Gasteiger partial charge is 0.481 e. The van der Waals surface area contributed by atoms with E-state index < -0.39 is 41.5 Å². The number of ether oxygens (including phenoxy) is 2. The highest BCUT2D eigenvalue weighted by molar-refractivity contribution is 5.66. The van der Waals surface area contributed by atoms with E-state index >= 15 is 0 Å². The molecule has 1 aliphatic heterocycles. The van der Waals surface area contributed by atoms with Gasteiger partial charge in [-0.3, -0.25) is 4.79 Å². The van der Waals surface area contributed by atoms with Gasteiger partial charge in [-0.1, -0.05) is 24.3 Å². The third-order valence-electron chi connectivity index (χ3n) is 7.79. The number of rotatable bonds is 11. The second-order valence-corrected chi connectivity index (χ2v) is 10.4. The van der Waals surface area contributed by atoms with Crippen LogP contribution in [0, 0.1) is 17.7 Å². The van der Waals surface area contributed by atoms with Gasteiger partial charge in [0.2, 0.25) is 0 Å². The molecule has 4 rings (SSSR count). The standard InChI is InChI=1S/C29H29F7O4/c30-22-9-7-19(8-10-22)27-14-25(40-17-27)23(24(27)5-3-1-2-4-6-26(37)38)16-39-15-18-11-20(28(31,32)33)13-21(12-18)29(34,35)36/h1,3,7-13,23-25H,2,4-6,14-17H2,(H,37,38)/t23-,24-,25-,27-/m0/s1. The molecule has 2 aliphatic rings. The summed E-state index contributed by atoms with van der Waals surface area (Å²) in [6.45, 7) is -0.0138. The SMILES string of the molecule is O=C(O)CCCC=CC[C@H]1[C@H](COCc2cc(C(F)(F)F)cc(C(F)(F)F)c2)[C@@H]2C[C@@]1(c1ccc(F)cc1)CO2. The monoisotopic (exact) mass is 574 g/mol. The topological polar surface area (TPSA) is 55.8 Å². The van der Waals surface area contributed by atoms with Crippen molar-refractivity contribution < 1.29 is 50.1 Å². The van der Waals surface area contributed by atoms with Crippen molar-refractivity contribution in [3.05, 3.63) is 82.7 Å². The number of hydrogen-bond donors (Lipinski definition) is 1. The Morgan fingerprint density at radius 2 is 1.68 bits per heavy atom. The van der Waals surface area contributed by atoms with Crippen molar-refractivity contribution in [2.24, 2.45) is 11.8 Å². The summed E-state index contributed by atoms with van der Waals surface area (Å²) < 4.78 is 105. The average Bonchev–Trinajstić information content (AvgIpc) is 3.43. The number of benzene rings is 2. The highest BCUT2D eigenvalue weighted by Crippen LogP contribution is 2.56. The van der Waals surface area contributed by atoms with Gasteiger partial charge < -0.3 is 14.6 Å². The number of allylic oxidation sites excluding steroid dienone is 2. The third-order valence-corrected chi connectivity index (χ3v) is 7.79. The van der Waals surface area contributed by atoms with E-state index in [0.29, 0.717) is 44.4 Å². The van der Waals surface area contributed by atoms with Crippen LogP contribution in [0.1, 0.15) is 54.4 Å². The summed E-state index contributed by atoms with van der Waals surface area (Å²) >= 11 is 0. The molecule has 1 aliphatic carbocycles. The lowest BCUT2D eigenvalue weighted by Crippen LogP contribution is -2.41. The molecule has 1 heterocycles. The number of alkyl halides is 6. The Kier molecular flexibility index (Phi) is 8.94. The van der Waals surface area contributed by atoms with Crippen molar-refractivity contribution in [2.45, 2.75) is 62.6 Å². The van der Waals surface area contributed by atoms with E-state index in [2.05, 4.69) is 0 Å². The van der Waals surface area contributed by atoms with E-state index in [1.807, 2.05) is 12.2 Å². The van der Waals surface area contributed by atoms with Gasteiger partial charge in [-0.05, 0) is 73.1 Å². The van der Waals surface area contributed by atoms with Crippen LogP contribution in [-0.2, 0) is 38.6 Å². The van der Waals surface area contributed by atoms with Gasteiger partial charge in [0, 0.05) is 17.8 Å². The summed E-state index contributed by atoms with van der Waals surface area (Å²) in [4.78, 5) is 10.7. The number of carbonyl (C=O) groups is 1. The normalized spacial score (nSPS) is 24.7. The van der Waals surface area contributed by atoms with Crippen LogP contribution >= 0.6 is 0 Å². The van der Waals surface area contributed by atoms with Crippen molar-refractivity contribution in [1.82, 2.24) is 0 Å². The first kappa shape index (κ1) is 30.0. The van der Waals surface area contributed by atoms with Gasteiger partial charge in [-0.2, -0.15) is 26.3 Å². The van der Waals surface area contributed by atoms with Crippen molar-refractivity contribution in [1.29, 1.82) is 0 Å². The minimum Gasteiger partial charge on any atom is -0.481 e. The van der Waals surface area contributed by atoms with E-state index in [-0.39, 0.29) is 48.4 Å². The van der Waals surface area contributed by atoms with E-state index in [4.69, 9.17) is 14.6 Å². The predicted octanol–water partition coefficient (Wildman–Crippen LogP) is 7.55. The summed E-state index contributed by atoms with van der Waals surface area (Å²) in [7, 11) is 0. The van der Waals surface area contributed by atoms with Crippen LogP contribution in [0.5, 0.6) is 0 Å². The quantitative estimate of drug-likeness (QED) is 0.171. The van der Waals surface area contributed by atoms with Gasteiger partial charge in [0.15, 0.2) is 0 Å². The first-order valence-corrected chi connectivity index (χ1v) is 12.9. The Morgan fingerprint density at radius 1 is 1.02 bits per heavy atom. The maximum Gasteiger partial charge on any atom is 0.416 e. The molecule has 40 heavy (non-hydrogen) atoms. The first-order chi connectivity index (χ1) is 18.8. The molecule has 0 unspecified atom stereocenters. The van der Waals surface area contributed by atoms with Gasteiger partial charge in [-0.15, -0.1) is 0 Å². The molecule has 4 atom stereocenters. The fourth-order valence-electron chi connectivity index (χ4n) is 5.90. The van der Waals surface area contributed by atoms with Crippen molar-refractivity contribution in [3.63, 3.8) is 0 Å². The number of fused-ring (bicyclic) bond motifs is 2. The Morgan fingerprint density at radius 3 is 2.27 bits per heavy atom. The van der Waals surface area contributed by atoms with Gasteiger partial charge in [-0.25, -0.2) is 4.39 Å². The second kappa shape index (κ2) is 11.9. The molecule has 2 aromatic rings. The van der Waals surface area contributed by atoms with Crippen LogP contribution in [0.2, 0.25) is 0 Å². The lowest BCUT2D eigenvalue weighted by atomic mass is 9.69. The molecular formula is C29H29F7O4. The highest BCUT2D eigenvalue weighted by atomic mass is 19.4. The molecule has 0 radical (unpaired) electrons. The Labute approximate surface area is 226 Å². The summed E-state index contributed by atoms with van der Waals surface area (Å²) in [5, 5.41) is 8.81. The molecular weight excluding hydrogens is 545 g/mol. The molecule has 0 amide bonds. The predicted molar refractivity (Wildman–Crippen MR) is 131 cm³/mol. The Bertz CT molecular complexity index is 1170. The number of hydrogen-bond acceptors (Lipinski definition) is 3. The third kappa shape index (κ3) is 6.86. The van der Waals surface area contributed by atoms with Crippen LogP contribution in [0.25, 0.3) is 0 Å². The summed E-state index contributed by atoms with van der Waals surface area (Å²) in [5.41, 5.74) is -2.61. The molecule has 0 spiro atoms. The molecule has 2 fully saturated rings. The molecule has 4 nitrogen and oxygen atoms in total. The van der Waals surface area contributed by atoms with Crippen LogP contribution < -0.4 is 0 Å². The van der Waals surface area contributed by atoms with E-state index in [0.717, 1.165) is 5.56 Å². The fourth-order valence-corrected chi connectivity index (χ4v) is 5.90. The lowest BCUT2D eigenvalue weighted by Gasteiger charge is -2.39. The number of halogens is 7. The van der Waals surface area contributed by atoms with Crippen LogP contribution in [0.15, 0.2) is 54.6 Å². The number of carboxylic acid groups (broad SMARTS) is 1. The summed E-state index contributed by atoms with van der Waals surface area (Å²) in [5.74, 6) is -1.54. The van der Waals surface area contributed by atoms with Crippen LogP contribution in [0.4, 0.5) is 30.7 Å². The van der Waals surface area contributed by atoms with E-state index in [1.54, 1.807) is 12.1 Å². The van der Waals surface area contributed by atoms with Gasteiger partial charge in [0.25, 0.3) is 0 Å². The zero-order valence-electron chi connectivity index (χ0n) is 21.4. The molecule has 0 aromatic heterocycles. The van der Waals surface area contributed by atoms with Crippen molar-refractivity contribution in [3.8, 4) is 0 Å². The number of carboxylic acids is 1. The molecule has 1 saturated carbocycles. The Balaban J connectivity index is 1.51.